The molecule has 7 unspecified atom stereocenters. The number of nitrogens with one attached hydrogen (secondary N) is 1. The second-order valence-electron chi connectivity index (χ2n) is 19.0. The van der Waals surface area contributed by atoms with E-state index in [0.717, 1.165) is 70.6 Å². The largest absolute Gasteiger partial charge is 0.394 e. The molecule has 0 aromatic heterocycles. The fraction of sp³-hybridized carbons (Fsp3) is 0.746. The van der Waals surface area contributed by atoms with Crippen LogP contribution in [-0.4, -0.2) is 87.5 Å². The number of carbonyl (C=O) groups is 1. The maximum absolute atomic E-state index is 13.0. The van der Waals surface area contributed by atoms with Crippen LogP contribution in [0.15, 0.2) is 85.1 Å². The van der Waals surface area contributed by atoms with E-state index in [-0.39, 0.29) is 12.5 Å². The van der Waals surface area contributed by atoms with Gasteiger partial charge in [0.05, 0.1) is 25.4 Å². The number of allylic oxidation sites excluding steroid dienone is 13. The number of unbranched alkanes of at least 4 members (excludes halogenated alkanes) is 24. The van der Waals surface area contributed by atoms with Crippen molar-refractivity contribution in [3.8, 4) is 0 Å². The van der Waals surface area contributed by atoms with Crippen molar-refractivity contribution in [2.24, 2.45) is 0 Å². The zero-order chi connectivity index (χ0) is 49.4. The highest BCUT2D eigenvalue weighted by Crippen LogP contribution is 2.23. The molecule has 0 aromatic carbocycles. The summed E-state index contributed by atoms with van der Waals surface area (Å²) in [4.78, 5) is 13.0. The lowest BCUT2D eigenvalue weighted by molar-refractivity contribution is -0.302. The van der Waals surface area contributed by atoms with Gasteiger partial charge in [-0.05, 0) is 77.0 Å². The summed E-state index contributed by atoms with van der Waals surface area (Å²) in [6, 6.07) is -0.845. The molecule has 6 N–H and O–H groups in total. The monoisotopic (exact) mass is 954 g/mol. The van der Waals surface area contributed by atoms with Crippen LogP contribution >= 0.6 is 0 Å². The zero-order valence-corrected chi connectivity index (χ0v) is 43.3. The highest BCUT2D eigenvalue weighted by Gasteiger charge is 2.44. The van der Waals surface area contributed by atoms with E-state index in [1.807, 2.05) is 6.08 Å². The Hall–Kier alpha value is -2.63. The maximum atomic E-state index is 13.0. The molecule has 1 rings (SSSR count). The van der Waals surface area contributed by atoms with E-state index in [1.54, 1.807) is 6.08 Å². The normalized spacial score (nSPS) is 20.2. The number of hydrogen-bond donors (Lipinski definition) is 6. The summed E-state index contributed by atoms with van der Waals surface area (Å²) >= 11 is 0. The van der Waals surface area contributed by atoms with Crippen LogP contribution in [0.3, 0.4) is 0 Å². The smallest absolute Gasteiger partial charge is 0.220 e. The van der Waals surface area contributed by atoms with Gasteiger partial charge in [0.25, 0.3) is 0 Å². The van der Waals surface area contributed by atoms with Gasteiger partial charge in [-0.15, -0.1) is 0 Å². The van der Waals surface area contributed by atoms with E-state index in [9.17, 15) is 30.3 Å². The van der Waals surface area contributed by atoms with Gasteiger partial charge in [-0.2, -0.15) is 0 Å². The minimum Gasteiger partial charge on any atom is -0.394 e. The Balaban J connectivity index is 2.30. The number of ether oxygens (including phenoxy) is 2. The van der Waals surface area contributed by atoms with Crippen molar-refractivity contribution in [2.75, 3.05) is 13.2 Å². The molecule has 1 aliphatic heterocycles. The van der Waals surface area contributed by atoms with Crippen molar-refractivity contribution >= 4 is 5.91 Å². The minimum absolute atomic E-state index is 0.219. The molecule has 0 aliphatic carbocycles. The minimum atomic E-state index is -1.58. The molecule has 68 heavy (non-hydrogen) atoms. The summed E-state index contributed by atoms with van der Waals surface area (Å²) in [6.07, 6.45) is 60.8. The van der Waals surface area contributed by atoms with E-state index in [2.05, 4.69) is 92.1 Å². The number of aliphatic hydroxyl groups excluding tert-OH is 5. The van der Waals surface area contributed by atoms with Gasteiger partial charge in [0.1, 0.15) is 24.4 Å². The third-order valence-electron chi connectivity index (χ3n) is 12.7. The van der Waals surface area contributed by atoms with E-state index in [0.29, 0.717) is 12.8 Å². The molecule has 9 nitrogen and oxygen atoms in total. The van der Waals surface area contributed by atoms with Crippen molar-refractivity contribution < 1.29 is 39.8 Å². The quantitative estimate of drug-likeness (QED) is 0.0261. The first-order chi connectivity index (χ1) is 33.3. The molecule has 0 spiro atoms. The van der Waals surface area contributed by atoms with Gasteiger partial charge < -0.3 is 40.3 Å². The number of aliphatic hydroxyl groups is 5. The van der Waals surface area contributed by atoms with Gasteiger partial charge in [-0.25, -0.2) is 0 Å². The van der Waals surface area contributed by atoms with Crippen LogP contribution in [0.25, 0.3) is 0 Å². The van der Waals surface area contributed by atoms with Crippen LogP contribution < -0.4 is 5.32 Å². The Morgan fingerprint density at radius 2 is 0.926 bits per heavy atom. The molecule has 0 bridgehead atoms. The summed E-state index contributed by atoms with van der Waals surface area (Å²) in [5.74, 6) is -0.220. The summed E-state index contributed by atoms with van der Waals surface area (Å²) in [5.41, 5.74) is 0. The average Bonchev–Trinajstić information content (AvgIpc) is 3.34. The van der Waals surface area contributed by atoms with Gasteiger partial charge in [-0.1, -0.05) is 227 Å². The standard InChI is InChI=1S/C59H103NO8/c1-3-5-7-9-11-13-15-17-19-21-23-24-25-26-27-28-29-31-32-34-36-38-40-42-44-46-48-53(62)52(51-67-59-58(66)57(65)56(64)54(50-61)68-59)60-55(63)49-47-45-43-41-39-37-35-33-30-22-20-18-16-14-12-10-8-6-4-2/h6,8,12,14,18,20,30,33,37-40,46,48,52-54,56-59,61-62,64-66H,3-5,7,9-11,13,15-17,19,21-29,31-32,34-36,41-45,47,49-51H2,1-2H3,(H,60,63)/b8-6-,14-12-,20-18-,33-30-,39-37-,40-38+,48-46+. The molecule has 1 amide bonds. The maximum Gasteiger partial charge on any atom is 0.220 e. The Labute approximate surface area is 416 Å². The first kappa shape index (κ1) is 63.4. The van der Waals surface area contributed by atoms with E-state index in [4.69, 9.17) is 9.47 Å². The molecule has 392 valence electrons. The third kappa shape index (κ3) is 37.2. The summed E-state index contributed by atoms with van der Waals surface area (Å²) in [6.45, 7) is 3.63. The van der Waals surface area contributed by atoms with Crippen LogP contribution in [0.5, 0.6) is 0 Å². The van der Waals surface area contributed by atoms with Crippen LogP contribution in [0.4, 0.5) is 0 Å². The highest BCUT2D eigenvalue weighted by molar-refractivity contribution is 5.76. The second-order valence-corrected chi connectivity index (χ2v) is 19.0. The summed E-state index contributed by atoms with van der Waals surface area (Å²) in [7, 11) is 0. The molecule has 1 heterocycles. The molecule has 9 heteroatoms. The fourth-order valence-electron chi connectivity index (χ4n) is 8.32. The van der Waals surface area contributed by atoms with Crippen LogP contribution in [0.2, 0.25) is 0 Å². The number of carbonyl (C=O) groups excluding carboxylic acids is 1. The Kier molecular flexibility index (Phi) is 44.8. The van der Waals surface area contributed by atoms with Gasteiger partial charge >= 0.3 is 0 Å². The van der Waals surface area contributed by atoms with Crippen molar-refractivity contribution in [2.45, 2.75) is 269 Å². The number of hydrogen-bond acceptors (Lipinski definition) is 8. The summed E-state index contributed by atoms with van der Waals surface area (Å²) < 4.78 is 11.2. The Morgan fingerprint density at radius 3 is 1.41 bits per heavy atom. The molecule has 1 saturated heterocycles. The summed E-state index contributed by atoms with van der Waals surface area (Å²) in [5, 5.41) is 54.4. The van der Waals surface area contributed by atoms with Gasteiger partial charge in [0.2, 0.25) is 5.91 Å². The van der Waals surface area contributed by atoms with Crippen LogP contribution in [0.1, 0.15) is 226 Å². The van der Waals surface area contributed by atoms with Gasteiger partial charge in [0, 0.05) is 6.42 Å². The molecular formula is C59H103NO8. The molecule has 0 saturated carbocycles. The Bertz CT molecular complexity index is 1340. The Morgan fingerprint density at radius 1 is 0.515 bits per heavy atom. The van der Waals surface area contributed by atoms with Crippen molar-refractivity contribution in [1.29, 1.82) is 0 Å². The molecular weight excluding hydrogens is 851 g/mol. The lowest BCUT2D eigenvalue weighted by Crippen LogP contribution is -2.60. The third-order valence-corrected chi connectivity index (χ3v) is 12.7. The first-order valence-corrected chi connectivity index (χ1v) is 27.8. The molecule has 1 fully saturated rings. The molecule has 7 atom stereocenters. The number of amides is 1. The fourth-order valence-corrected chi connectivity index (χ4v) is 8.32. The average molecular weight is 954 g/mol. The lowest BCUT2D eigenvalue weighted by atomic mass is 9.99. The predicted octanol–water partition coefficient (Wildman–Crippen LogP) is 13.5. The molecule has 0 radical (unpaired) electrons. The second kappa shape index (κ2) is 48.0. The van der Waals surface area contributed by atoms with Crippen molar-refractivity contribution in [3.63, 3.8) is 0 Å². The first-order valence-electron chi connectivity index (χ1n) is 27.8. The topological polar surface area (TPSA) is 149 Å². The van der Waals surface area contributed by atoms with E-state index < -0.39 is 49.5 Å². The highest BCUT2D eigenvalue weighted by atomic mass is 16.7. The molecule has 0 aromatic rings. The van der Waals surface area contributed by atoms with Crippen LogP contribution in [0, 0.1) is 0 Å². The van der Waals surface area contributed by atoms with Gasteiger partial charge in [-0.3, -0.25) is 4.79 Å². The van der Waals surface area contributed by atoms with Crippen molar-refractivity contribution in [3.05, 3.63) is 85.1 Å². The number of rotatable bonds is 46. The van der Waals surface area contributed by atoms with E-state index >= 15 is 0 Å². The lowest BCUT2D eigenvalue weighted by Gasteiger charge is -2.40. The van der Waals surface area contributed by atoms with E-state index in [1.165, 1.54) is 128 Å². The zero-order valence-electron chi connectivity index (χ0n) is 43.3. The SMILES string of the molecule is CC/C=C\C/C=C\C/C=C\C/C=C\C/C=C\CCCCCC(=O)NC(COC1OC(CO)C(O)C(O)C1O)C(O)/C=C/CC/C=C/CCCCCCCCCCCCCCCCCCCCCC. The van der Waals surface area contributed by atoms with Gasteiger partial charge in [0.15, 0.2) is 6.29 Å². The van der Waals surface area contributed by atoms with Crippen molar-refractivity contribution in [1.82, 2.24) is 5.32 Å². The molecule has 1 aliphatic rings. The predicted molar refractivity (Wildman–Crippen MR) is 285 cm³/mol. The van der Waals surface area contributed by atoms with Crippen LogP contribution in [-0.2, 0) is 14.3 Å².